The van der Waals surface area contributed by atoms with Crippen LogP contribution in [0, 0.1) is 13.8 Å². The summed E-state index contributed by atoms with van der Waals surface area (Å²) in [4.78, 5) is 27.8. The molecule has 1 atom stereocenters. The molecule has 0 aliphatic rings. The number of aromatic amines is 1. The van der Waals surface area contributed by atoms with Gasteiger partial charge in [0.15, 0.2) is 11.6 Å². The van der Waals surface area contributed by atoms with Crippen molar-refractivity contribution in [2.75, 3.05) is 13.7 Å². The summed E-state index contributed by atoms with van der Waals surface area (Å²) in [6.45, 7) is 5.29. The number of ketones is 2. The monoisotopic (exact) mass is 390 g/mol. The Kier molecular flexibility index (Phi) is 6.29. The molecule has 0 fully saturated rings. The number of carbonyl (C=O) groups is 2. The first-order valence-electron chi connectivity index (χ1n) is 9.58. The van der Waals surface area contributed by atoms with Crippen LogP contribution >= 0.6 is 0 Å². The summed E-state index contributed by atoms with van der Waals surface area (Å²) >= 11 is 0. The Bertz CT molecular complexity index is 1000. The van der Waals surface area contributed by atoms with E-state index in [9.17, 15) is 9.59 Å². The molecular formula is C24H26N2O3. The minimum atomic E-state index is -0.144. The number of hydrogen-bond donors (Lipinski definition) is 2. The van der Waals surface area contributed by atoms with Crippen LogP contribution in [0.1, 0.15) is 56.2 Å². The van der Waals surface area contributed by atoms with Crippen LogP contribution in [0.5, 0.6) is 5.75 Å². The van der Waals surface area contributed by atoms with E-state index < -0.39 is 0 Å². The van der Waals surface area contributed by atoms with E-state index in [2.05, 4.69) is 10.3 Å². The van der Waals surface area contributed by atoms with Gasteiger partial charge in [-0.25, -0.2) is 0 Å². The van der Waals surface area contributed by atoms with Crippen molar-refractivity contribution < 1.29 is 14.3 Å². The third kappa shape index (κ3) is 4.46. The van der Waals surface area contributed by atoms with Gasteiger partial charge in [-0.05, 0) is 49.6 Å². The van der Waals surface area contributed by atoms with E-state index in [1.807, 2.05) is 68.4 Å². The highest BCUT2D eigenvalue weighted by molar-refractivity contribution is 6.03. The van der Waals surface area contributed by atoms with E-state index in [0.29, 0.717) is 16.8 Å². The van der Waals surface area contributed by atoms with Crippen LogP contribution in [0.2, 0.25) is 0 Å². The number of ether oxygens (including phenoxy) is 1. The summed E-state index contributed by atoms with van der Waals surface area (Å²) in [5.74, 6) is 0.669. The number of aryl methyl sites for hydroxylation is 1. The van der Waals surface area contributed by atoms with Crippen LogP contribution in [-0.2, 0) is 0 Å². The molecule has 0 bridgehead atoms. The second-order valence-corrected chi connectivity index (χ2v) is 7.10. The third-order valence-corrected chi connectivity index (χ3v) is 5.12. The van der Waals surface area contributed by atoms with Crippen molar-refractivity contribution in [1.29, 1.82) is 0 Å². The highest BCUT2D eigenvalue weighted by atomic mass is 16.5. The van der Waals surface area contributed by atoms with Crippen LogP contribution in [0.3, 0.4) is 0 Å². The van der Waals surface area contributed by atoms with Crippen LogP contribution in [0.25, 0.3) is 0 Å². The van der Waals surface area contributed by atoms with Crippen molar-refractivity contribution in [3.63, 3.8) is 0 Å². The van der Waals surface area contributed by atoms with Crippen molar-refractivity contribution in [2.45, 2.75) is 26.8 Å². The largest absolute Gasteiger partial charge is 0.497 e. The fourth-order valence-corrected chi connectivity index (χ4v) is 3.71. The molecule has 0 spiro atoms. The summed E-state index contributed by atoms with van der Waals surface area (Å²) in [6, 6.07) is 17.6. The van der Waals surface area contributed by atoms with E-state index >= 15 is 0 Å². The highest BCUT2D eigenvalue weighted by Crippen LogP contribution is 2.25. The molecule has 0 saturated carbocycles. The Hall–Kier alpha value is -3.18. The van der Waals surface area contributed by atoms with Crippen molar-refractivity contribution in [2.24, 2.45) is 0 Å². The van der Waals surface area contributed by atoms with Gasteiger partial charge in [0.25, 0.3) is 0 Å². The van der Waals surface area contributed by atoms with E-state index in [0.717, 1.165) is 22.6 Å². The molecule has 1 heterocycles. The SMILES string of the molecule is COc1ccc([C@@H](NCC(=O)c2[nH]c(C)c(C(C)=O)c2C)c2ccccc2)cc1. The van der Waals surface area contributed by atoms with Crippen LogP contribution in [-0.4, -0.2) is 30.2 Å². The van der Waals surface area contributed by atoms with Gasteiger partial charge in [0.1, 0.15) is 5.75 Å². The van der Waals surface area contributed by atoms with Crippen molar-refractivity contribution in [1.82, 2.24) is 10.3 Å². The van der Waals surface area contributed by atoms with E-state index in [1.54, 1.807) is 7.11 Å². The standard InChI is InChI=1S/C24H26N2O3/c1-15-22(17(3)27)16(2)26-23(15)21(28)14-25-24(18-8-6-5-7-9-18)19-10-12-20(29-4)13-11-19/h5-13,24-26H,14H2,1-4H3/t24-/m0/s1. The summed E-state index contributed by atoms with van der Waals surface area (Å²) in [5.41, 5.74) is 4.63. The lowest BCUT2D eigenvalue weighted by atomic mass is 9.98. The van der Waals surface area contributed by atoms with E-state index in [4.69, 9.17) is 4.74 Å². The van der Waals surface area contributed by atoms with Gasteiger partial charge in [-0.15, -0.1) is 0 Å². The molecule has 0 aliphatic heterocycles. The van der Waals surface area contributed by atoms with Gasteiger partial charge in [-0.3, -0.25) is 14.9 Å². The lowest BCUT2D eigenvalue weighted by molar-refractivity contribution is 0.0983. The summed E-state index contributed by atoms with van der Waals surface area (Å²) in [7, 11) is 1.64. The number of methoxy groups -OCH3 is 1. The van der Waals surface area contributed by atoms with Crippen molar-refractivity contribution in [3.05, 3.63) is 88.2 Å². The van der Waals surface area contributed by atoms with Crippen molar-refractivity contribution in [3.8, 4) is 5.75 Å². The molecule has 150 valence electrons. The molecule has 0 radical (unpaired) electrons. The zero-order chi connectivity index (χ0) is 21.0. The van der Waals surface area contributed by atoms with Gasteiger partial charge in [0, 0.05) is 11.3 Å². The lowest BCUT2D eigenvalue weighted by Gasteiger charge is -2.20. The third-order valence-electron chi connectivity index (χ3n) is 5.12. The fourth-order valence-electron chi connectivity index (χ4n) is 3.71. The molecule has 5 nitrogen and oxygen atoms in total. The smallest absolute Gasteiger partial charge is 0.193 e. The summed E-state index contributed by atoms with van der Waals surface area (Å²) in [6.07, 6.45) is 0. The molecule has 2 aromatic carbocycles. The van der Waals surface area contributed by atoms with Gasteiger partial charge in [-0.1, -0.05) is 42.5 Å². The maximum Gasteiger partial charge on any atom is 0.193 e. The Morgan fingerprint density at radius 1 is 1.00 bits per heavy atom. The zero-order valence-electron chi connectivity index (χ0n) is 17.2. The second-order valence-electron chi connectivity index (χ2n) is 7.10. The fraction of sp³-hybridized carbons (Fsp3) is 0.250. The maximum atomic E-state index is 12.9. The number of nitrogens with one attached hydrogen (secondary N) is 2. The predicted molar refractivity (Wildman–Crippen MR) is 114 cm³/mol. The van der Waals surface area contributed by atoms with Crippen LogP contribution < -0.4 is 10.1 Å². The number of aromatic nitrogens is 1. The molecule has 3 rings (SSSR count). The van der Waals surface area contributed by atoms with E-state index in [1.165, 1.54) is 6.92 Å². The van der Waals surface area contributed by atoms with Crippen molar-refractivity contribution >= 4 is 11.6 Å². The molecule has 0 saturated heterocycles. The first kappa shape index (κ1) is 20.6. The molecule has 0 aliphatic carbocycles. The Morgan fingerprint density at radius 2 is 1.62 bits per heavy atom. The molecule has 5 heteroatoms. The Labute approximate surface area is 171 Å². The number of benzene rings is 2. The number of rotatable bonds is 8. The Balaban J connectivity index is 1.84. The average molecular weight is 390 g/mol. The predicted octanol–water partition coefficient (Wildman–Crippen LogP) is 4.40. The summed E-state index contributed by atoms with van der Waals surface area (Å²) < 4.78 is 5.25. The van der Waals surface area contributed by atoms with Gasteiger partial charge >= 0.3 is 0 Å². The van der Waals surface area contributed by atoms with Crippen LogP contribution in [0.4, 0.5) is 0 Å². The molecular weight excluding hydrogens is 364 g/mol. The first-order chi connectivity index (χ1) is 13.9. The molecule has 0 unspecified atom stereocenters. The molecule has 1 aromatic heterocycles. The van der Waals surface area contributed by atoms with Gasteiger partial charge in [0.2, 0.25) is 0 Å². The zero-order valence-corrected chi connectivity index (χ0v) is 17.2. The number of Topliss-reactive ketones (excluding diaryl/α,β-unsaturated/α-hetero) is 2. The Morgan fingerprint density at radius 3 is 2.17 bits per heavy atom. The second kappa shape index (κ2) is 8.88. The topological polar surface area (TPSA) is 71.2 Å². The molecule has 29 heavy (non-hydrogen) atoms. The highest BCUT2D eigenvalue weighted by Gasteiger charge is 2.21. The van der Waals surface area contributed by atoms with E-state index in [-0.39, 0.29) is 24.2 Å². The normalized spacial score (nSPS) is 11.9. The van der Waals surface area contributed by atoms with Gasteiger partial charge in [-0.2, -0.15) is 0 Å². The maximum absolute atomic E-state index is 12.9. The van der Waals surface area contributed by atoms with Gasteiger partial charge in [0.05, 0.1) is 25.4 Å². The quantitative estimate of drug-likeness (QED) is 0.559. The average Bonchev–Trinajstić information content (AvgIpc) is 3.03. The molecule has 0 amide bonds. The molecule has 3 aromatic rings. The molecule has 2 N–H and O–H groups in total. The summed E-state index contributed by atoms with van der Waals surface area (Å²) in [5, 5.41) is 3.38. The first-order valence-corrected chi connectivity index (χ1v) is 9.58. The minimum Gasteiger partial charge on any atom is -0.497 e. The minimum absolute atomic E-state index is 0.0383. The number of H-pyrrole nitrogens is 1. The van der Waals surface area contributed by atoms with Crippen LogP contribution in [0.15, 0.2) is 54.6 Å². The lowest BCUT2D eigenvalue weighted by Crippen LogP contribution is -2.29. The number of carbonyl (C=O) groups excluding carboxylic acids is 2. The van der Waals surface area contributed by atoms with Gasteiger partial charge < -0.3 is 9.72 Å². The number of hydrogen-bond acceptors (Lipinski definition) is 4.